The quantitative estimate of drug-likeness (QED) is 0.633. The number of carbonyl (C=O) groups is 1. The highest BCUT2D eigenvalue weighted by atomic mass is 32.1. The molecule has 1 N–H and O–H groups in total. The van der Waals surface area contributed by atoms with Crippen molar-refractivity contribution >= 4 is 17.2 Å². The molecular weight excluding hydrogens is 392 g/mol. The molecule has 5 nitrogen and oxygen atoms in total. The zero-order chi connectivity index (χ0) is 20.9. The van der Waals surface area contributed by atoms with Crippen LogP contribution in [0.15, 0.2) is 60.1 Å². The zero-order valence-corrected chi connectivity index (χ0v) is 18.4. The van der Waals surface area contributed by atoms with Crippen LogP contribution in [0.5, 0.6) is 0 Å². The van der Waals surface area contributed by atoms with Crippen LogP contribution in [0.4, 0.5) is 0 Å². The fourth-order valence-corrected chi connectivity index (χ4v) is 4.83. The van der Waals surface area contributed by atoms with Crippen molar-refractivity contribution < 1.29 is 4.79 Å². The highest BCUT2D eigenvalue weighted by Crippen LogP contribution is 2.30. The molecule has 3 aromatic rings. The highest BCUT2D eigenvalue weighted by molar-refractivity contribution is 7.10. The molecule has 4 rings (SSSR count). The summed E-state index contributed by atoms with van der Waals surface area (Å²) in [6, 6.07) is 16.6. The molecule has 1 aromatic carbocycles. The number of hydrogen-bond acceptors (Lipinski definition) is 5. The van der Waals surface area contributed by atoms with Gasteiger partial charge in [0.2, 0.25) is 0 Å². The Bertz CT molecular complexity index is 968. The Morgan fingerprint density at radius 2 is 2.03 bits per heavy atom. The molecule has 0 radical (unpaired) electrons. The van der Waals surface area contributed by atoms with Gasteiger partial charge in [-0.25, -0.2) is 0 Å². The molecule has 3 heterocycles. The van der Waals surface area contributed by atoms with E-state index in [-0.39, 0.29) is 11.9 Å². The second-order valence-electron chi connectivity index (χ2n) is 8.00. The van der Waals surface area contributed by atoms with Crippen molar-refractivity contribution in [2.45, 2.75) is 25.6 Å². The topological polar surface area (TPSA) is 48.5 Å². The number of aromatic nitrogens is 1. The number of nitrogens with one attached hydrogen (secondary N) is 1. The molecule has 1 amide bonds. The molecule has 0 unspecified atom stereocenters. The van der Waals surface area contributed by atoms with Crippen LogP contribution >= 0.6 is 11.3 Å². The van der Waals surface area contributed by atoms with Gasteiger partial charge in [0, 0.05) is 37.3 Å². The van der Waals surface area contributed by atoms with Crippen LogP contribution in [0.1, 0.15) is 38.1 Å². The molecule has 0 saturated heterocycles. The van der Waals surface area contributed by atoms with Gasteiger partial charge in [0.25, 0.3) is 5.91 Å². The Labute approximate surface area is 182 Å². The Kier molecular flexibility index (Phi) is 6.57. The van der Waals surface area contributed by atoms with E-state index in [0.717, 1.165) is 31.7 Å². The monoisotopic (exact) mass is 420 g/mol. The second kappa shape index (κ2) is 9.51. The first-order valence-corrected chi connectivity index (χ1v) is 11.2. The normalized spacial score (nSPS) is 15.0. The molecule has 2 aromatic heterocycles. The van der Waals surface area contributed by atoms with Gasteiger partial charge in [0.05, 0.1) is 17.3 Å². The number of fused-ring (bicyclic) bond motifs is 1. The van der Waals surface area contributed by atoms with Crippen molar-refractivity contribution in [3.8, 4) is 0 Å². The Morgan fingerprint density at radius 1 is 1.20 bits per heavy atom. The van der Waals surface area contributed by atoms with Crippen molar-refractivity contribution in [3.63, 3.8) is 0 Å². The van der Waals surface area contributed by atoms with E-state index in [1.165, 1.54) is 16.0 Å². The van der Waals surface area contributed by atoms with Gasteiger partial charge < -0.3 is 10.2 Å². The van der Waals surface area contributed by atoms with Gasteiger partial charge in [-0.15, -0.1) is 11.3 Å². The number of pyridine rings is 1. The maximum absolute atomic E-state index is 12.8. The summed E-state index contributed by atoms with van der Waals surface area (Å²) in [6.07, 6.45) is 2.74. The Morgan fingerprint density at radius 3 is 2.77 bits per heavy atom. The first kappa shape index (κ1) is 20.7. The van der Waals surface area contributed by atoms with Gasteiger partial charge in [-0.1, -0.05) is 30.3 Å². The Balaban J connectivity index is 1.45. The minimum absolute atomic E-state index is 0.0759. The summed E-state index contributed by atoms with van der Waals surface area (Å²) < 4.78 is 0. The van der Waals surface area contributed by atoms with Crippen molar-refractivity contribution in [3.05, 3.63) is 87.4 Å². The van der Waals surface area contributed by atoms with Gasteiger partial charge >= 0.3 is 0 Å². The molecule has 0 bridgehead atoms. The van der Waals surface area contributed by atoms with E-state index < -0.39 is 0 Å². The molecule has 1 atom stereocenters. The number of rotatable bonds is 7. The van der Waals surface area contributed by atoms with Gasteiger partial charge in [0.15, 0.2) is 0 Å². The second-order valence-corrected chi connectivity index (χ2v) is 9.00. The van der Waals surface area contributed by atoms with E-state index in [9.17, 15) is 4.79 Å². The van der Waals surface area contributed by atoms with Gasteiger partial charge in [-0.3, -0.25) is 14.7 Å². The molecule has 156 valence electrons. The SMILES string of the molecule is CN(C)Cc1ccc(C(=O)NC[C@H](c2ccccc2)N2CCc3sccc3C2)cn1. The van der Waals surface area contributed by atoms with Gasteiger partial charge in [0.1, 0.15) is 0 Å². The van der Waals surface area contributed by atoms with Crippen LogP contribution in [-0.2, 0) is 19.5 Å². The predicted octanol–water partition coefficient (Wildman–Crippen LogP) is 3.73. The van der Waals surface area contributed by atoms with Crippen LogP contribution < -0.4 is 5.32 Å². The zero-order valence-electron chi connectivity index (χ0n) is 17.5. The van der Waals surface area contributed by atoms with E-state index in [1.54, 1.807) is 6.20 Å². The molecule has 0 saturated carbocycles. The fraction of sp³-hybridized carbons (Fsp3) is 0.333. The molecule has 6 heteroatoms. The lowest BCUT2D eigenvalue weighted by Crippen LogP contribution is -2.40. The number of hydrogen-bond donors (Lipinski definition) is 1. The van der Waals surface area contributed by atoms with Crippen LogP contribution in [0.3, 0.4) is 0 Å². The minimum atomic E-state index is -0.0759. The molecule has 1 aliphatic rings. The molecule has 0 spiro atoms. The summed E-state index contributed by atoms with van der Waals surface area (Å²) in [5.41, 5.74) is 4.21. The van der Waals surface area contributed by atoms with Crippen LogP contribution in [-0.4, -0.2) is 47.9 Å². The third-order valence-electron chi connectivity index (χ3n) is 5.48. The summed E-state index contributed by atoms with van der Waals surface area (Å²) in [6.45, 7) is 3.26. The van der Waals surface area contributed by atoms with Crippen LogP contribution in [0, 0.1) is 0 Å². The van der Waals surface area contributed by atoms with Crippen molar-refractivity contribution in [2.75, 3.05) is 27.2 Å². The minimum Gasteiger partial charge on any atom is -0.350 e. The average Bonchev–Trinajstić information content (AvgIpc) is 3.23. The molecule has 30 heavy (non-hydrogen) atoms. The van der Waals surface area contributed by atoms with Crippen LogP contribution in [0.2, 0.25) is 0 Å². The average molecular weight is 421 g/mol. The summed E-state index contributed by atoms with van der Waals surface area (Å²) in [5, 5.41) is 5.33. The maximum atomic E-state index is 12.8. The third-order valence-corrected chi connectivity index (χ3v) is 6.51. The smallest absolute Gasteiger partial charge is 0.252 e. The lowest BCUT2D eigenvalue weighted by molar-refractivity contribution is 0.0927. The first-order chi connectivity index (χ1) is 14.6. The lowest BCUT2D eigenvalue weighted by Gasteiger charge is -2.35. The summed E-state index contributed by atoms with van der Waals surface area (Å²) in [4.78, 5) is 23.2. The number of benzene rings is 1. The fourth-order valence-electron chi connectivity index (χ4n) is 3.94. The standard InChI is InChI=1S/C24H28N4OS/c1-27(2)17-21-9-8-19(14-25-21)24(29)26-15-22(18-6-4-3-5-7-18)28-12-10-23-20(16-28)11-13-30-23/h3-9,11,13-14,22H,10,12,15-17H2,1-2H3,(H,26,29)/t22-/m1/s1. The summed E-state index contributed by atoms with van der Waals surface area (Å²) >= 11 is 1.85. The summed E-state index contributed by atoms with van der Waals surface area (Å²) in [5.74, 6) is -0.0759. The van der Waals surface area contributed by atoms with Crippen molar-refractivity contribution in [1.82, 2.24) is 20.1 Å². The van der Waals surface area contributed by atoms with E-state index in [0.29, 0.717) is 12.1 Å². The Hall–Kier alpha value is -2.54. The number of thiophene rings is 1. The third kappa shape index (κ3) is 4.95. The van der Waals surface area contributed by atoms with Gasteiger partial charge in [-0.05, 0) is 55.2 Å². The highest BCUT2D eigenvalue weighted by Gasteiger charge is 2.26. The molecule has 1 aliphatic heterocycles. The van der Waals surface area contributed by atoms with Gasteiger partial charge in [-0.2, -0.15) is 0 Å². The largest absolute Gasteiger partial charge is 0.350 e. The van der Waals surface area contributed by atoms with Crippen molar-refractivity contribution in [2.24, 2.45) is 0 Å². The first-order valence-electron chi connectivity index (χ1n) is 10.3. The molecular formula is C24H28N4OS. The number of carbonyl (C=O) groups excluding carboxylic acids is 1. The summed E-state index contributed by atoms with van der Waals surface area (Å²) in [7, 11) is 4.01. The van der Waals surface area contributed by atoms with E-state index in [1.807, 2.05) is 43.6 Å². The van der Waals surface area contributed by atoms with E-state index >= 15 is 0 Å². The molecule has 0 aliphatic carbocycles. The van der Waals surface area contributed by atoms with E-state index in [2.05, 4.69) is 55.8 Å². The van der Waals surface area contributed by atoms with Crippen molar-refractivity contribution in [1.29, 1.82) is 0 Å². The number of nitrogens with zero attached hydrogens (tertiary/aromatic N) is 3. The van der Waals surface area contributed by atoms with E-state index in [4.69, 9.17) is 0 Å². The predicted molar refractivity (Wildman–Crippen MR) is 122 cm³/mol. The number of amides is 1. The lowest BCUT2D eigenvalue weighted by atomic mass is 10.0. The maximum Gasteiger partial charge on any atom is 0.252 e. The van der Waals surface area contributed by atoms with Crippen LogP contribution in [0.25, 0.3) is 0 Å². The molecule has 0 fully saturated rings.